The van der Waals surface area contributed by atoms with Crippen molar-refractivity contribution < 1.29 is 0 Å². The number of hydrogen-bond acceptors (Lipinski definition) is 3. The summed E-state index contributed by atoms with van der Waals surface area (Å²) in [4.78, 5) is 5.20. The molecule has 1 aliphatic heterocycles. The monoisotopic (exact) mass is 267 g/mol. The zero-order valence-corrected chi connectivity index (χ0v) is 13.2. The highest BCUT2D eigenvalue weighted by atomic mass is 15.2. The van der Waals surface area contributed by atoms with Gasteiger partial charge in [0, 0.05) is 24.7 Å². The van der Waals surface area contributed by atoms with Crippen molar-refractivity contribution in [1.29, 1.82) is 0 Å². The van der Waals surface area contributed by atoms with E-state index in [-0.39, 0.29) is 0 Å². The molecule has 0 spiro atoms. The van der Waals surface area contributed by atoms with Crippen molar-refractivity contribution >= 4 is 0 Å². The molecule has 3 heteroatoms. The zero-order valence-electron chi connectivity index (χ0n) is 13.2. The van der Waals surface area contributed by atoms with Gasteiger partial charge in [0.15, 0.2) is 0 Å². The first-order valence-electron chi connectivity index (χ1n) is 8.34. The minimum Gasteiger partial charge on any atom is -0.314 e. The van der Waals surface area contributed by atoms with E-state index in [2.05, 4.69) is 36.1 Å². The summed E-state index contributed by atoms with van der Waals surface area (Å²) in [6, 6.07) is 2.44. The summed E-state index contributed by atoms with van der Waals surface area (Å²) in [6.45, 7) is 6.09. The lowest BCUT2D eigenvalue weighted by molar-refractivity contribution is 0.0736. The van der Waals surface area contributed by atoms with Gasteiger partial charge in [0.25, 0.3) is 0 Å². The minimum absolute atomic E-state index is 0.782. The van der Waals surface area contributed by atoms with Crippen molar-refractivity contribution in [1.82, 2.24) is 15.1 Å². The average Bonchev–Trinajstić information content (AvgIpc) is 2.46. The van der Waals surface area contributed by atoms with Crippen molar-refractivity contribution in [3.63, 3.8) is 0 Å². The Hall–Kier alpha value is -0.120. The van der Waals surface area contributed by atoms with Crippen molar-refractivity contribution in [3.8, 4) is 0 Å². The quantitative estimate of drug-likeness (QED) is 0.825. The summed E-state index contributed by atoms with van der Waals surface area (Å²) in [7, 11) is 4.47. The summed E-state index contributed by atoms with van der Waals surface area (Å²) in [5, 5.41) is 3.69. The van der Waals surface area contributed by atoms with Crippen LogP contribution in [0.15, 0.2) is 0 Å². The van der Waals surface area contributed by atoms with E-state index in [9.17, 15) is 0 Å². The second-order valence-corrected chi connectivity index (χ2v) is 6.71. The third-order valence-electron chi connectivity index (χ3n) is 5.05. The Kier molecular flexibility index (Phi) is 6.11. The Morgan fingerprint density at radius 3 is 2.47 bits per heavy atom. The molecule has 2 aliphatic rings. The van der Waals surface area contributed by atoms with E-state index in [1.165, 1.54) is 64.6 Å². The molecule has 0 aromatic rings. The van der Waals surface area contributed by atoms with E-state index < -0.39 is 0 Å². The van der Waals surface area contributed by atoms with Crippen LogP contribution < -0.4 is 5.32 Å². The molecule has 112 valence electrons. The average molecular weight is 267 g/mol. The summed E-state index contributed by atoms with van der Waals surface area (Å²) in [6.07, 6.45) is 9.61. The zero-order chi connectivity index (χ0) is 13.7. The Balaban J connectivity index is 1.74. The third kappa shape index (κ3) is 4.44. The van der Waals surface area contributed by atoms with Crippen LogP contribution in [0.5, 0.6) is 0 Å². The Morgan fingerprint density at radius 1 is 1.11 bits per heavy atom. The van der Waals surface area contributed by atoms with Crippen LogP contribution in [0.25, 0.3) is 0 Å². The third-order valence-corrected chi connectivity index (χ3v) is 5.05. The lowest BCUT2D eigenvalue weighted by Gasteiger charge is -2.43. The summed E-state index contributed by atoms with van der Waals surface area (Å²) in [5.41, 5.74) is 0. The smallest absolute Gasteiger partial charge is 0.0217 e. The predicted octanol–water partition coefficient (Wildman–Crippen LogP) is 2.32. The van der Waals surface area contributed by atoms with Gasteiger partial charge in [-0.1, -0.05) is 6.92 Å². The number of nitrogens with one attached hydrogen (secondary N) is 1. The van der Waals surface area contributed by atoms with Gasteiger partial charge in [-0.05, 0) is 72.1 Å². The van der Waals surface area contributed by atoms with Crippen LogP contribution in [0.2, 0.25) is 0 Å². The van der Waals surface area contributed by atoms with Gasteiger partial charge in [-0.3, -0.25) is 4.90 Å². The molecule has 0 amide bonds. The van der Waals surface area contributed by atoms with Gasteiger partial charge in [-0.25, -0.2) is 0 Å². The van der Waals surface area contributed by atoms with Crippen LogP contribution in [0, 0.1) is 0 Å². The molecule has 1 atom stereocenters. The second-order valence-electron chi connectivity index (χ2n) is 6.71. The molecule has 0 aromatic heterocycles. The summed E-state index contributed by atoms with van der Waals surface area (Å²) in [5.74, 6) is 0. The largest absolute Gasteiger partial charge is 0.314 e. The topological polar surface area (TPSA) is 18.5 Å². The first-order valence-corrected chi connectivity index (χ1v) is 8.34. The Labute approximate surface area is 119 Å². The fourth-order valence-electron chi connectivity index (χ4n) is 3.73. The van der Waals surface area contributed by atoms with Crippen molar-refractivity contribution in [2.75, 3.05) is 33.7 Å². The second kappa shape index (κ2) is 7.61. The number of rotatable bonds is 5. The molecule has 3 nitrogen and oxygen atoms in total. The molecule has 1 saturated heterocycles. The first-order chi connectivity index (χ1) is 9.20. The van der Waals surface area contributed by atoms with Gasteiger partial charge in [0.1, 0.15) is 0 Å². The molecule has 1 N–H and O–H groups in total. The van der Waals surface area contributed by atoms with Crippen molar-refractivity contribution in [3.05, 3.63) is 0 Å². The first kappa shape index (κ1) is 15.3. The minimum atomic E-state index is 0.782. The summed E-state index contributed by atoms with van der Waals surface area (Å²) < 4.78 is 0. The van der Waals surface area contributed by atoms with E-state index in [0.717, 1.165) is 18.1 Å². The van der Waals surface area contributed by atoms with E-state index in [1.807, 2.05) is 0 Å². The van der Waals surface area contributed by atoms with Gasteiger partial charge in [-0.15, -0.1) is 0 Å². The van der Waals surface area contributed by atoms with E-state index >= 15 is 0 Å². The number of piperidine rings is 1. The van der Waals surface area contributed by atoms with Crippen LogP contribution in [0.3, 0.4) is 0 Å². The molecular weight excluding hydrogens is 234 g/mol. The van der Waals surface area contributed by atoms with Gasteiger partial charge < -0.3 is 10.2 Å². The normalized spacial score (nSPS) is 33.8. The predicted molar refractivity (Wildman–Crippen MR) is 82.6 cm³/mol. The van der Waals surface area contributed by atoms with Gasteiger partial charge >= 0.3 is 0 Å². The van der Waals surface area contributed by atoms with E-state index in [0.29, 0.717) is 0 Å². The molecule has 1 saturated carbocycles. The fourth-order valence-corrected chi connectivity index (χ4v) is 3.73. The van der Waals surface area contributed by atoms with E-state index in [4.69, 9.17) is 0 Å². The SMILES string of the molecule is CCCNC1CCC(N2CCCC(N(C)C)C2)CC1. The number of likely N-dealkylation sites (N-methyl/N-ethyl adjacent to an activating group) is 1. The van der Waals surface area contributed by atoms with Gasteiger partial charge in [0.05, 0.1) is 0 Å². The lowest BCUT2D eigenvalue weighted by Crippen LogP contribution is -2.51. The molecule has 1 unspecified atom stereocenters. The maximum absolute atomic E-state index is 3.69. The number of likely N-dealkylation sites (tertiary alicyclic amines) is 1. The van der Waals surface area contributed by atoms with E-state index in [1.54, 1.807) is 0 Å². The molecule has 0 aromatic carbocycles. The molecule has 0 radical (unpaired) electrons. The maximum atomic E-state index is 3.69. The standard InChI is InChI=1S/C16H33N3/c1-4-11-17-14-7-9-15(10-8-14)19-12-5-6-16(13-19)18(2)3/h14-17H,4-13H2,1-3H3. The van der Waals surface area contributed by atoms with Crippen LogP contribution in [0.4, 0.5) is 0 Å². The van der Waals surface area contributed by atoms with Crippen molar-refractivity contribution in [2.24, 2.45) is 0 Å². The molecule has 19 heavy (non-hydrogen) atoms. The molecular formula is C16H33N3. The fraction of sp³-hybridized carbons (Fsp3) is 1.00. The van der Waals surface area contributed by atoms with Crippen molar-refractivity contribution in [2.45, 2.75) is 70.0 Å². The Bertz CT molecular complexity index is 246. The van der Waals surface area contributed by atoms with Gasteiger partial charge in [0.2, 0.25) is 0 Å². The summed E-state index contributed by atoms with van der Waals surface area (Å²) >= 11 is 0. The number of nitrogens with zero attached hydrogens (tertiary/aromatic N) is 2. The van der Waals surface area contributed by atoms with Crippen LogP contribution in [-0.2, 0) is 0 Å². The molecule has 1 aliphatic carbocycles. The van der Waals surface area contributed by atoms with Crippen LogP contribution in [0.1, 0.15) is 51.9 Å². The van der Waals surface area contributed by atoms with Crippen LogP contribution >= 0.6 is 0 Å². The lowest BCUT2D eigenvalue weighted by atomic mass is 9.88. The molecule has 2 fully saturated rings. The van der Waals surface area contributed by atoms with Crippen LogP contribution in [-0.4, -0.2) is 61.7 Å². The highest BCUT2D eigenvalue weighted by Gasteiger charge is 2.29. The molecule has 1 heterocycles. The highest BCUT2D eigenvalue weighted by Crippen LogP contribution is 2.26. The highest BCUT2D eigenvalue weighted by molar-refractivity contribution is 4.87. The van der Waals surface area contributed by atoms with Gasteiger partial charge in [-0.2, -0.15) is 0 Å². The Morgan fingerprint density at radius 2 is 1.84 bits per heavy atom. The molecule has 2 rings (SSSR count). The molecule has 0 bridgehead atoms. The number of hydrogen-bond donors (Lipinski definition) is 1. The maximum Gasteiger partial charge on any atom is 0.0217 e.